The summed E-state index contributed by atoms with van der Waals surface area (Å²) < 4.78 is 0. The molecule has 0 spiro atoms. The summed E-state index contributed by atoms with van der Waals surface area (Å²) in [6.07, 6.45) is 3.00. The van der Waals surface area contributed by atoms with E-state index in [2.05, 4.69) is 47.9 Å². The van der Waals surface area contributed by atoms with Crippen molar-refractivity contribution in [2.24, 2.45) is 5.92 Å². The highest BCUT2D eigenvalue weighted by atomic mass is 16.3. The van der Waals surface area contributed by atoms with E-state index < -0.39 is 6.10 Å². The SMILES string of the molecule is CCN(CC1CCN(CCc2ccccc2C)CC1)C[C@@H](O)CO. The molecule has 2 rings (SSSR count). The molecule has 0 aromatic heterocycles. The zero-order valence-electron chi connectivity index (χ0n) is 15.3. The van der Waals surface area contributed by atoms with E-state index in [0.29, 0.717) is 12.5 Å². The smallest absolute Gasteiger partial charge is 0.0897 e. The van der Waals surface area contributed by atoms with Crippen LogP contribution < -0.4 is 0 Å². The Bertz CT molecular complexity index is 472. The average Bonchev–Trinajstić information content (AvgIpc) is 2.61. The second kappa shape index (κ2) is 10.1. The van der Waals surface area contributed by atoms with Gasteiger partial charge in [-0.05, 0) is 62.9 Å². The van der Waals surface area contributed by atoms with Gasteiger partial charge in [0, 0.05) is 19.6 Å². The molecule has 4 heteroatoms. The first-order chi connectivity index (χ1) is 11.6. The molecule has 0 saturated carbocycles. The molecule has 0 unspecified atom stereocenters. The number of aryl methyl sites for hydroxylation is 1. The molecular formula is C20H34N2O2. The van der Waals surface area contributed by atoms with Crippen molar-refractivity contribution in [3.05, 3.63) is 35.4 Å². The van der Waals surface area contributed by atoms with E-state index in [4.69, 9.17) is 5.11 Å². The summed E-state index contributed by atoms with van der Waals surface area (Å²) in [5.74, 6) is 0.713. The number of rotatable bonds is 9. The molecule has 1 aromatic carbocycles. The van der Waals surface area contributed by atoms with Gasteiger partial charge in [0.15, 0.2) is 0 Å². The molecule has 24 heavy (non-hydrogen) atoms. The number of likely N-dealkylation sites (tertiary alicyclic amines) is 1. The van der Waals surface area contributed by atoms with Gasteiger partial charge in [-0.25, -0.2) is 0 Å². The summed E-state index contributed by atoms with van der Waals surface area (Å²) >= 11 is 0. The topological polar surface area (TPSA) is 46.9 Å². The lowest BCUT2D eigenvalue weighted by molar-refractivity contribution is 0.0505. The Balaban J connectivity index is 1.70. The van der Waals surface area contributed by atoms with Crippen LogP contribution >= 0.6 is 0 Å². The minimum absolute atomic E-state index is 0.145. The second-order valence-corrected chi connectivity index (χ2v) is 7.15. The van der Waals surface area contributed by atoms with Crippen LogP contribution in [0.5, 0.6) is 0 Å². The summed E-state index contributed by atoms with van der Waals surface area (Å²) in [5.41, 5.74) is 2.86. The third kappa shape index (κ3) is 6.17. The molecule has 1 heterocycles. The Morgan fingerprint density at radius 2 is 1.96 bits per heavy atom. The Morgan fingerprint density at radius 1 is 1.25 bits per heavy atom. The molecule has 136 valence electrons. The highest BCUT2D eigenvalue weighted by molar-refractivity contribution is 5.25. The van der Waals surface area contributed by atoms with Gasteiger partial charge in [-0.15, -0.1) is 0 Å². The molecule has 4 nitrogen and oxygen atoms in total. The Morgan fingerprint density at radius 3 is 2.58 bits per heavy atom. The minimum Gasteiger partial charge on any atom is -0.394 e. The first kappa shape index (κ1) is 19.4. The van der Waals surface area contributed by atoms with Crippen molar-refractivity contribution in [1.29, 1.82) is 0 Å². The summed E-state index contributed by atoms with van der Waals surface area (Å²) in [6, 6.07) is 8.68. The molecule has 1 aromatic rings. The van der Waals surface area contributed by atoms with Crippen LogP contribution in [0.25, 0.3) is 0 Å². The second-order valence-electron chi connectivity index (χ2n) is 7.15. The maximum absolute atomic E-state index is 9.63. The maximum Gasteiger partial charge on any atom is 0.0897 e. The van der Waals surface area contributed by atoms with E-state index in [0.717, 1.165) is 26.1 Å². The monoisotopic (exact) mass is 334 g/mol. The maximum atomic E-state index is 9.63. The van der Waals surface area contributed by atoms with E-state index in [-0.39, 0.29) is 6.61 Å². The number of piperidine rings is 1. The van der Waals surface area contributed by atoms with Crippen molar-refractivity contribution in [1.82, 2.24) is 9.80 Å². The number of hydrogen-bond acceptors (Lipinski definition) is 4. The van der Waals surface area contributed by atoms with Crippen molar-refractivity contribution in [3.8, 4) is 0 Å². The van der Waals surface area contributed by atoms with Gasteiger partial charge < -0.3 is 20.0 Å². The fourth-order valence-electron chi connectivity index (χ4n) is 3.62. The zero-order chi connectivity index (χ0) is 17.4. The molecule has 0 bridgehead atoms. The fourth-order valence-corrected chi connectivity index (χ4v) is 3.62. The number of aliphatic hydroxyl groups excluding tert-OH is 2. The lowest BCUT2D eigenvalue weighted by atomic mass is 9.95. The lowest BCUT2D eigenvalue weighted by Crippen LogP contribution is -2.42. The van der Waals surface area contributed by atoms with Crippen molar-refractivity contribution in [3.63, 3.8) is 0 Å². The van der Waals surface area contributed by atoms with E-state index in [9.17, 15) is 5.11 Å². The average molecular weight is 335 g/mol. The lowest BCUT2D eigenvalue weighted by Gasteiger charge is -2.35. The molecule has 0 radical (unpaired) electrons. The van der Waals surface area contributed by atoms with E-state index in [1.165, 1.54) is 37.1 Å². The summed E-state index contributed by atoms with van der Waals surface area (Å²) in [5, 5.41) is 18.6. The molecule has 1 aliphatic heterocycles. The molecule has 1 saturated heterocycles. The van der Waals surface area contributed by atoms with Gasteiger partial charge in [-0.1, -0.05) is 31.2 Å². The van der Waals surface area contributed by atoms with Crippen LogP contribution in [0.3, 0.4) is 0 Å². The van der Waals surface area contributed by atoms with Crippen LogP contribution in [0, 0.1) is 12.8 Å². The number of nitrogens with zero attached hydrogens (tertiary/aromatic N) is 2. The van der Waals surface area contributed by atoms with Crippen LogP contribution in [0.15, 0.2) is 24.3 Å². The van der Waals surface area contributed by atoms with E-state index >= 15 is 0 Å². The number of benzene rings is 1. The quantitative estimate of drug-likeness (QED) is 0.724. The van der Waals surface area contributed by atoms with Crippen molar-refractivity contribution in [2.45, 2.75) is 39.2 Å². The molecule has 0 aliphatic carbocycles. The van der Waals surface area contributed by atoms with Crippen molar-refractivity contribution < 1.29 is 10.2 Å². The van der Waals surface area contributed by atoms with Gasteiger partial charge in [-0.2, -0.15) is 0 Å². The number of hydrogen-bond donors (Lipinski definition) is 2. The third-order valence-electron chi connectivity index (χ3n) is 5.31. The van der Waals surface area contributed by atoms with Gasteiger partial charge in [0.25, 0.3) is 0 Å². The molecule has 2 N–H and O–H groups in total. The molecule has 1 aliphatic rings. The summed E-state index contributed by atoms with van der Waals surface area (Å²) in [4.78, 5) is 4.86. The standard InChI is InChI=1S/C20H34N2O2/c1-3-21(15-20(24)16-23)14-18-8-11-22(12-9-18)13-10-19-7-5-4-6-17(19)2/h4-7,18,20,23-24H,3,8-16H2,1-2H3/t20-/m1/s1. The number of aliphatic hydroxyl groups is 2. The van der Waals surface area contributed by atoms with E-state index in [1.807, 2.05) is 0 Å². The highest BCUT2D eigenvalue weighted by Crippen LogP contribution is 2.19. The summed E-state index contributed by atoms with van der Waals surface area (Å²) in [7, 11) is 0. The van der Waals surface area contributed by atoms with Gasteiger partial charge in [0.05, 0.1) is 12.7 Å². The Kier molecular flexibility index (Phi) is 8.19. The van der Waals surface area contributed by atoms with E-state index in [1.54, 1.807) is 0 Å². The van der Waals surface area contributed by atoms with Gasteiger partial charge >= 0.3 is 0 Å². The largest absolute Gasteiger partial charge is 0.394 e. The predicted octanol–water partition coefficient (Wildman–Crippen LogP) is 1.92. The van der Waals surface area contributed by atoms with Crippen molar-refractivity contribution in [2.75, 3.05) is 45.9 Å². The number of likely N-dealkylation sites (N-methyl/N-ethyl adjacent to an activating group) is 1. The van der Waals surface area contributed by atoms with Crippen LogP contribution in [0.4, 0.5) is 0 Å². The molecule has 1 fully saturated rings. The van der Waals surface area contributed by atoms with Gasteiger partial charge in [0.1, 0.15) is 0 Å². The highest BCUT2D eigenvalue weighted by Gasteiger charge is 2.21. The molecular weight excluding hydrogens is 300 g/mol. The molecule has 0 amide bonds. The Hall–Kier alpha value is -0.940. The Labute approximate surface area is 147 Å². The van der Waals surface area contributed by atoms with Crippen LogP contribution in [-0.2, 0) is 6.42 Å². The normalized spacial score (nSPS) is 18.2. The molecule has 1 atom stereocenters. The van der Waals surface area contributed by atoms with Crippen LogP contribution in [0.2, 0.25) is 0 Å². The first-order valence-electron chi connectivity index (χ1n) is 9.40. The first-order valence-corrected chi connectivity index (χ1v) is 9.40. The fraction of sp³-hybridized carbons (Fsp3) is 0.700. The van der Waals surface area contributed by atoms with Gasteiger partial charge in [0.2, 0.25) is 0 Å². The van der Waals surface area contributed by atoms with Gasteiger partial charge in [-0.3, -0.25) is 0 Å². The third-order valence-corrected chi connectivity index (χ3v) is 5.31. The summed E-state index contributed by atoms with van der Waals surface area (Å²) in [6.45, 7) is 10.2. The predicted molar refractivity (Wildman–Crippen MR) is 99.3 cm³/mol. The minimum atomic E-state index is -0.612. The van der Waals surface area contributed by atoms with Crippen LogP contribution in [-0.4, -0.2) is 72.0 Å². The van der Waals surface area contributed by atoms with Crippen molar-refractivity contribution >= 4 is 0 Å². The van der Waals surface area contributed by atoms with Crippen LogP contribution in [0.1, 0.15) is 30.9 Å². The zero-order valence-corrected chi connectivity index (χ0v) is 15.3.